The first-order chi connectivity index (χ1) is 9.93. The van der Waals surface area contributed by atoms with E-state index in [1.54, 1.807) is 18.2 Å². The molecule has 0 heterocycles. The number of carboxylic acid groups (broad SMARTS) is 1. The monoisotopic (exact) mass is 354 g/mol. The Balaban J connectivity index is 2.49. The van der Waals surface area contributed by atoms with E-state index >= 15 is 0 Å². The van der Waals surface area contributed by atoms with Gasteiger partial charge in [-0.15, -0.1) is 0 Å². The summed E-state index contributed by atoms with van der Waals surface area (Å²) in [4.78, 5) is 11.3. The first-order valence-corrected chi connectivity index (χ1v) is 6.65. The Morgan fingerprint density at radius 3 is 2.67 bits per heavy atom. The molecule has 0 aliphatic rings. The van der Waals surface area contributed by atoms with Gasteiger partial charge in [-0.05, 0) is 40.2 Å². The highest BCUT2D eigenvalue weighted by Gasteiger charge is 2.18. The molecule has 0 saturated carbocycles. The molecular weight excluding hydrogens is 343 g/mol. The van der Waals surface area contributed by atoms with Crippen LogP contribution >= 0.6 is 15.9 Å². The fourth-order valence-corrected chi connectivity index (χ4v) is 2.15. The van der Waals surface area contributed by atoms with Gasteiger partial charge in [-0.25, -0.2) is 9.18 Å². The van der Waals surface area contributed by atoms with Gasteiger partial charge >= 0.3 is 5.97 Å². The van der Waals surface area contributed by atoms with Gasteiger partial charge in [-0.1, -0.05) is 0 Å². The molecule has 4 N–H and O–H groups in total. The zero-order valence-electron chi connectivity index (χ0n) is 11.0. The average molecular weight is 355 g/mol. The number of anilines is 3. The summed E-state index contributed by atoms with van der Waals surface area (Å²) in [5.41, 5.74) is 5.54. The number of rotatable bonds is 4. The lowest BCUT2D eigenvalue weighted by atomic mass is 10.1. The van der Waals surface area contributed by atoms with E-state index < -0.39 is 17.5 Å². The Morgan fingerprint density at radius 1 is 1.33 bits per heavy atom. The van der Waals surface area contributed by atoms with Crippen LogP contribution in [0.1, 0.15) is 10.4 Å². The maximum Gasteiger partial charge on any atom is 0.340 e. The number of aromatic carboxylic acids is 1. The Labute approximate surface area is 128 Å². The summed E-state index contributed by atoms with van der Waals surface area (Å²) < 4.78 is 19.2. The molecule has 2 aromatic carbocycles. The van der Waals surface area contributed by atoms with E-state index in [9.17, 15) is 14.3 Å². The molecule has 0 amide bonds. The van der Waals surface area contributed by atoms with Crippen molar-refractivity contribution in [2.75, 3.05) is 18.2 Å². The van der Waals surface area contributed by atoms with E-state index in [1.165, 1.54) is 13.2 Å². The number of ether oxygens (including phenoxy) is 1. The SMILES string of the molecule is COc1ccc(Br)c(Nc2ccc(F)c(N)c2C(=O)O)c1. The summed E-state index contributed by atoms with van der Waals surface area (Å²) in [5.74, 6) is -1.50. The molecule has 0 aromatic heterocycles. The Kier molecular flexibility index (Phi) is 4.32. The topological polar surface area (TPSA) is 84.6 Å². The zero-order valence-corrected chi connectivity index (χ0v) is 12.6. The van der Waals surface area contributed by atoms with Crippen LogP contribution in [0.2, 0.25) is 0 Å². The maximum absolute atomic E-state index is 13.4. The lowest BCUT2D eigenvalue weighted by Crippen LogP contribution is -2.09. The van der Waals surface area contributed by atoms with Crippen molar-refractivity contribution in [3.63, 3.8) is 0 Å². The quantitative estimate of drug-likeness (QED) is 0.730. The Hall–Kier alpha value is -2.28. The van der Waals surface area contributed by atoms with Gasteiger partial charge in [0.15, 0.2) is 0 Å². The fraction of sp³-hybridized carbons (Fsp3) is 0.0714. The van der Waals surface area contributed by atoms with Crippen LogP contribution in [0, 0.1) is 5.82 Å². The first-order valence-electron chi connectivity index (χ1n) is 5.86. The second kappa shape index (κ2) is 6.01. The molecule has 0 saturated heterocycles. The molecule has 0 aliphatic heterocycles. The van der Waals surface area contributed by atoms with Crippen LogP contribution in [-0.4, -0.2) is 18.2 Å². The highest BCUT2D eigenvalue weighted by atomic mass is 79.9. The van der Waals surface area contributed by atoms with Gasteiger partial charge in [0, 0.05) is 10.5 Å². The van der Waals surface area contributed by atoms with Crippen molar-refractivity contribution in [2.45, 2.75) is 0 Å². The van der Waals surface area contributed by atoms with Crippen molar-refractivity contribution in [3.05, 3.63) is 46.2 Å². The maximum atomic E-state index is 13.4. The molecule has 0 atom stereocenters. The number of methoxy groups -OCH3 is 1. The predicted octanol–water partition coefficient (Wildman–Crippen LogP) is 3.62. The third kappa shape index (κ3) is 3.08. The second-order valence-electron chi connectivity index (χ2n) is 4.16. The molecule has 0 unspecified atom stereocenters. The number of nitrogen functional groups attached to an aromatic ring is 1. The summed E-state index contributed by atoms with van der Waals surface area (Å²) >= 11 is 3.34. The van der Waals surface area contributed by atoms with Crippen molar-refractivity contribution in [2.24, 2.45) is 0 Å². The minimum atomic E-state index is -1.31. The largest absolute Gasteiger partial charge is 0.497 e. The molecule has 0 spiro atoms. The van der Waals surface area contributed by atoms with E-state index in [4.69, 9.17) is 10.5 Å². The van der Waals surface area contributed by atoms with Crippen molar-refractivity contribution in [1.29, 1.82) is 0 Å². The van der Waals surface area contributed by atoms with Gasteiger partial charge in [0.25, 0.3) is 0 Å². The van der Waals surface area contributed by atoms with Crippen molar-refractivity contribution in [1.82, 2.24) is 0 Å². The molecule has 0 fully saturated rings. The highest BCUT2D eigenvalue weighted by molar-refractivity contribution is 9.10. The van der Waals surface area contributed by atoms with E-state index in [0.29, 0.717) is 15.9 Å². The van der Waals surface area contributed by atoms with Gasteiger partial charge in [-0.3, -0.25) is 0 Å². The molecule has 2 aromatic rings. The molecule has 7 heteroatoms. The van der Waals surface area contributed by atoms with Crippen LogP contribution in [0.25, 0.3) is 0 Å². The summed E-state index contributed by atoms with van der Waals surface area (Å²) in [7, 11) is 1.52. The predicted molar refractivity (Wildman–Crippen MR) is 81.7 cm³/mol. The lowest BCUT2D eigenvalue weighted by Gasteiger charge is -2.14. The zero-order chi connectivity index (χ0) is 15.6. The molecule has 0 radical (unpaired) electrons. The Morgan fingerprint density at radius 2 is 2.05 bits per heavy atom. The third-order valence-corrected chi connectivity index (χ3v) is 3.54. The van der Waals surface area contributed by atoms with E-state index in [2.05, 4.69) is 21.2 Å². The summed E-state index contributed by atoms with van der Waals surface area (Å²) in [6.45, 7) is 0. The number of carbonyl (C=O) groups is 1. The second-order valence-corrected chi connectivity index (χ2v) is 5.01. The smallest absolute Gasteiger partial charge is 0.340 e. The molecule has 5 nitrogen and oxygen atoms in total. The number of hydrogen-bond acceptors (Lipinski definition) is 4. The van der Waals surface area contributed by atoms with E-state index in [-0.39, 0.29) is 11.3 Å². The minimum absolute atomic E-state index is 0.190. The number of hydrogen-bond donors (Lipinski definition) is 3. The van der Waals surface area contributed by atoms with Gasteiger partial charge in [0.1, 0.15) is 17.1 Å². The fourth-order valence-electron chi connectivity index (χ4n) is 1.80. The van der Waals surface area contributed by atoms with Gasteiger partial charge in [0.05, 0.1) is 24.2 Å². The van der Waals surface area contributed by atoms with Gasteiger partial charge in [0.2, 0.25) is 0 Å². The highest BCUT2D eigenvalue weighted by Crippen LogP contribution is 2.33. The molecular formula is C14H12BrFN2O3. The number of nitrogens with two attached hydrogens (primary N) is 1. The van der Waals surface area contributed by atoms with Crippen LogP contribution < -0.4 is 15.8 Å². The standard InChI is InChI=1S/C14H12BrFN2O3/c1-21-7-2-3-8(15)11(6-7)18-10-5-4-9(16)13(17)12(10)14(19)20/h2-6,18H,17H2,1H3,(H,19,20). The average Bonchev–Trinajstić information content (AvgIpc) is 2.45. The van der Waals surface area contributed by atoms with E-state index in [0.717, 1.165) is 6.07 Å². The van der Waals surface area contributed by atoms with Crippen molar-refractivity contribution < 1.29 is 19.0 Å². The van der Waals surface area contributed by atoms with Crippen LogP contribution in [0.3, 0.4) is 0 Å². The van der Waals surface area contributed by atoms with Crippen LogP contribution in [-0.2, 0) is 0 Å². The van der Waals surface area contributed by atoms with Crippen molar-refractivity contribution >= 4 is 39.0 Å². The number of nitrogens with one attached hydrogen (secondary N) is 1. The number of benzene rings is 2. The summed E-state index contributed by atoms with van der Waals surface area (Å²) in [6, 6.07) is 7.59. The molecule has 110 valence electrons. The van der Waals surface area contributed by atoms with Crippen LogP contribution in [0.5, 0.6) is 5.75 Å². The third-order valence-electron chi connectivity index (χ3n) is 2.85. The molecule has 21 heavy (non-hydrogen) atoms. The molecule has 0 aliphatic carbocycles. The summed E-state index contributed by atoms with van der Waals surface area (Å²) in [6.07, 6.45) is 0. The molecule has 2 rings (SSSR count). The van der Waals surface area contributed by atoms with Gasteiger partial charge in [-0.2, -0.15) is 0 Å². The van der Waals surface area contributed by atoms with E-state index in [1.807, 2.05) is 0 Å². The Bertz CT molecular complexity index is 707. The van der Waals surface area contributed by atoms with Crippen LogP contribution in [0.15, 0.2) is 34.8 Å². The lowest BCUT2D eigenvalue weighted by molar-refractivity contribution is 0.0698. The van der Waals surface area contributed by atoms with Gasteiger partial charge < -0.3 is 20.9 Å². The molecule has 0 bridgehead atoms. The minimum Gasteiger partial charge on any atom is -0.497 e. The number of carboxylic acids is 1. The normalized spacial score (nSPS) is 10.2. The number of halogens is 2. The van der Waals surface area contributed by atoms with Crippen LogP contribution in [0.4, 0.5) is 21.5 Å². The first kappa shape index (κ1) is 15.1. The summed E-state index contributed by atoms with van der Waals surface area (Å²) in [5, 5.41) is 12.1. The van der Waals surface area contributed by atoms with Crippen molar-refractivity contribution in [3.8, 4) is 5.75 Å².